The molecule has 0 radical (unpaired) electrons. The minimum Gasteiger partial charge on any atom is -0.486 e. The maximum Gasteiger partial charge on any atom is 0.185 e. The van der Waals surface area contributed by atoms with Gasteiger partial charge < -0.3 is 9.15 Å². The molecule has 132 valence electrons. The van der Waals surface area contributed by atoms with Gasteiger partial charge in [0, 0.05) is 10.6 Å². The number of carbonyl (C=O) groups is 1. The van der Waals surface area contributed by atoms with Crippen LogP contribution in [0.25, 0.3) is 6.08 Å². The summed E-state index contributed by atoms with van der Waals surface area (Å²) in [7, 11) is 0. The van der Waals surface area contributed by atoms with Crippen LogP contribution in [-0.2, 0) is 6.61 Å². The highest BCUT2D eigenvalue weighted by molar-refractivity contribution is 6.31. The molecule has 26 heavy (non-hydrogen) atoms. The molecule has 4 heteroatoms. The lowest BCUT2D eigenvalue weighted by Crippen LogP contribution is -1.94. The summed E-state index contributed by atoms with van der Waals surface area (Å²) in [5, 5.41) is 0.709. The monoisotopic (exact) mass is 366 g/mol. The first-order valence-electron chi connectivity index (χ1n) is 8.28. The zero-order valence-electron chi connectivity index (χ0n) is 14.7. The number of halogens is 1. The van der Waals surface area contributed by atoms with Gasteiger partial charge in [0.2, 0.25) is 0 Å². The number of aryl methyl sites for hydroxylation is 2. The Bertz CT molecular complexity index is 936. The lowest BCUT2D eigenvalue weighted by molar-refractivity contribution is 0.104. The second-order valence-corrected chi connectivity index (χ2v) is 6.47. The van der Waals surface area contributed by atoms with Crippen molar-refractivity contribution in [2.75, 3.05) is 0 Å². The Morgan fingerprint density at radius 1 is 1.08 bits per heavy atom. The highest BCUT2D eigenvalue weighted by Crippen LogP contribution is 2.22. The van der Waals surface area contributed by atoms with Crippen LogP contribution >= 0.6 is 11.6 Å². The summed E-state index contributed by atoms with van der Waals surface area (Å²) in [6.07, 6.45) is 3.18. The second kappa shape index (κ2) is 8.07. The Labute approximate surface area is 157 Å². The maximum absolute atomic E-state index is 12.1. The molecule has 0 bridgehead atoms. The van der Waals surface area contributed by atoms with Gasteiger partial charge in [0.25, 0.3) is 0 Å². The molecule has 0 N–H and O–H groups in total. The van der Waals surface area contributed by atoms with Crippen molar-refractivity contribution in [3.05, 3.63) is 93.9 Å². The molecule has 0 unspecified atom stereocenters. The molecular formula is C22H19ClO3. The van der Waals surface area contributed by atoms with Gasteiger partial charge in [0.1, 0.15) is 23.9 Å². The molecule has 0 spiro atoms. The number of hydrogen-bond donors (Lipinski definition) is 0. The molecule has 0 atom stereocenters. The summed E-state index contributed by atoms with van der Waals surface area (Å²) >= 11 is 6.00. The van der Waals surface area contributed by atoms with Crippen LogP contribution in [0.3, 0.4) is 0 Å². The Kier molecular flexibility index (Phi) is 5.59. The topological polar surface area (TPSA) is 39.4 Å². The molecule has 0 aliphatic carbocycles. The van der Waals surface area contributed by atoms with Crippen molar-refractivity contribution in [2.45, 2.75) is 20.5 Å². The number of benzene rings is 2. The zero-order chi connectivity index (χ0) is 18.5. The minimum absolute atomic E-state index is 0.0594. The lowest BCUT2D eigenvalue weighted by atomic mass is 10.1. The van der Waals surface area contributed by atoms with Crippen LogP contribution in [0.5, 0.6) is 5.75 Å². The van der Waals surface area contributed by atoms with Crippen molar-refractivity contribution in [3.63, 3.8) is 0 Å². The molecule has 0 saturated carbocycles. The van der Waals surface area contributed by atoms with Gasteiger partial charge in [-0.1, -0.05) is 41.4 Å². The van der Waals surface area contributed by atoms with Crippen LogP contribution in [0.1, 0.15) is 33.0 Å². The van der Waals surface area contributed by atoms with Crippen LogP contribution in [0.4, 0.5) is 0 Å². The van der Waals surface area contributed by atoms with E-state index in [0.717, 1.165) is 16.9 Å². The van der Waals surface area contributed by atoms with Gasteiger partial charge >= 0.3 is 0 Å². The molecule has 0 fully saturated rings. The highest BCUT2D eigenvalue weighted by atomic mass is 35.5. The van der Waals surface area contributed by atoms with E-state index in [-0.39, 0.29) is 5.78 Å². The highest BCUT2D eigenvalue weighted by Gasteiger charge is 2.05. The standard InChI is InChI=1S/C22H19ClO3/c1-15-3-5-17(6-4-15)22(24)12-10-18-7-8-20(26-18)14-25-19-9-11-21(23)16(2)13-19/h3-13H,14H2,1-2H3/b12-10+. The third-order valence-corrected chi connectivity index (χ3v) is 4.35. The van der Waals surface area contributed by atoms with Gasteiger partial charge in [0.15, 0.2) is 5.78 Å². The average molecular weight is 367 g/mol. The number of ketones is 1. The first kappa shape index (κ1) is 18.0. The molecule has 3 nitrogen and oxygen atoms in total. The van der Waals surface area contributed by atoms with Crippen LogP contribution in [0.15, 0.2) is 65.1 Å². The fourth-order valence-electron chi connectivity index (χ4n) is 2.39. The number of ether oxygens (including phenoxy) is 1. The summed E-state index contributed by atoms with van der Waals surface area (Å²) < 4.78 is 11.4. The number of allylic oxidation sites excluding steroid dienone is 1. The van der Waals surface area contributed by atoms with Gasteiger partial charge in [-0.05, 0) is 61.9 Å². The minimum atomic E-state index is -0.0594. The van der Waals surface area contributed by atoms with Crippen molar-refractivity contribution in [1.82, 2.24) is 0 Å². The lowest BCUT2D eigenvalue weighted by Gasteiger charge is -2.05. The van der Waals surface area contributed by atoms with Crippen LogP contribution in [-0.4, -0.2) is 5.78 Å². The van der Waals surface area contributed by atoms with Crippen molar-refractivity contribution in [3.8, 4) is 5.75 Å². The van der Waals surface area contributed by atoms with E-state index >= 15 is 0 Å². The van der Waals surface area contributed by atoms with Crippen molar-refractivity contribution in [1.29, 1.82) is 0 Å². The Hall–Kier alpha value is -2.78. The third-order valence-electron chi connectivity index (χ3n) is 3.93. The average Bonchev–Trinajstić information content (AvgIpc) is 3.09. The third kappa shape index (κ3) is 4.64. The van der Waals surface area contributed by atoms with Gasteiger partial charge in [-0.25, -0.2) is 0 Å². The fourth-order valence-corrected chi connectivity index (χ4v) is 2.51. The van der Waals surface area contributed by atoms with Crippen molar-refractivity contribution < 1.29 is 13.9 Å². The van der Waals surface area contributed by atoms with Crippen molar-refractivity contribution in [2.24, 2.45) is 0 Å². The van der Waals surface area contributed by atoms with Crippen molar-refractivity contribution >= 4 is 23.5 Å². The molecule has 0 aliphatic heterocycles. The Morgan fingerprint density at radius 2 is 1.85 bits per heavy atom. The zero-order valence-corrected chi connectivity index (χ0v) is 15.4. The molecule has 3 aromatic rings. The molecule has 0 amide bonds. The van der Waals surface area contributed by atoms with E-state index in [0.29, 0.717) is 28.7 Å². The normalized spacial score (nSPS) is 11.0. The predicted molar refractivity (Wildman–Crippen MR) is 104 cm³/mol. The quantitative estimate of drug-likeness (QED) is 0.395. The van der Waals surface area contributed by atoms with E-state index in [2.05, 4.69) is 0 Å². The fraction of sp³-hybridized carbons (Fsp3) is 0.136. The van der Waals surface area contributed by atoms with Crippen LogP contribution in [0, 0.1) is 13.8 Å². The van der Waals surface area contributed by atoms with Gasteiger partial charge in [-0.15, -0.1) is 0 Å². The molecule has 1 heterocycles. The summed E-state index contributed by atoms with van der Waals surface area (Å²) in [6, 6.07) is 16.6. The summed E-state index contributed by atoms with van der Waals surface area (Å²) in [5.41, 5.74) is 2.74. The van der Waals surface area contributed by atoms with E-state index < -0.39 is 0 Å². The smallest absolute Gasteiger partial charge is 0.185 e. The molecular weight excluding hydrogens is 348 g/mol. The van der Waals surface area contributed by atoms with E-state index in [9.17, 15) is 4.79 Å². The first-order chi connectivity index (χ1) is 12.5. The predicted octanol–water partition coefficient (Wildman–Crippen LogP) is 6.02. The number of furan rings is 1. The van der Waals surface area contributed by atoms with Gasteiger partial charge in [0.05, 0.1) is 0 Å². The van der Waals surface area contributed by atoms with Crippen LogP contribution < -0.4 is 4.74 Å². The Morgan fingerprint density at radius 3 is 2.58 bits per heavy atom. The summed E-state index contributed by atoms with van der Waals surface area (Å²) in [6.45, 7) is 4.22. The van der Waals surface area contributed by atoms with E-state index in [1.807, 2.05) is 62.4 Å². The Balaban J connectivity index is 1.59. The molecule has 0 saturated heterocycles. The number of rotatable bonds is 6. The molecule has 1 aromatic heterocycles. The molecule has 2 aromatic carbocycles. The van der Waals surface area contributed by atoms with Gasteiger partial charge in [-0.3, -0.25) is 4.79 Å². The van der Waals surface area contributed by atoms with E-state index in [4.69, 9.17) is 20.8 Å². The SMILES string of the molecule is Cc1ccc(C(=O)/C=C/c2ccc(COc3ccc(Cl)c(C)c3)o2)cc1. The number of carbonyl (C=O) groups excluding carboxylic acids is 1. The van der Waals surface area contributed by atoms with E-state index in [1.165, 1.54) is 6.08 Å². The molecule has 3 rings (SSSR count). The first-order valence-corrected chi connectivity index (χ1v) is 8.66. The van der Waals surface area contributed by atoms with Gasteiger partial charge in [-0.2, -0.15) is 0 Å². The maximum atomic E-state index is 12.1. The largest absolute Gasteiger partial charge is 0.486 e. The second-order valence-electron chi connectivity index (χ2n) is 6.07. The summed E-state index contributed by atoms with van der Waals surface area (Å²) in [5.74, 6) is 1.96. The molecule has 0 aliphatic rings. The van der Waals surface area contributed by atoms with E-state index in [1.54, 1.807) is 12.1 Å². The van der Waals surface area contributed by atoms with Crippen LogP contribution in [0.2, 0.25) is 5.02 Å². The number of hydrogen-bond acceptors (Lipinski definition) is 3. The summed E-state index contributed by atoms with van der Waals surface area (Å²) in [4.78, 5) is 12.1.